The quantitative estimate of drug-likeness (QED) is 0.477. The van der Waals surface area contributed by atoms with Crippen LogP contribution in [0.1, 0.15) is 43.7 Å². The number of rotatable bonds is 6. The molecule has 0 unspecified atom stereocenters. The van der Waals surface area contributed by atoms with Crippen LogP contribution >= 0.6 is 11.8 Å². The summed E-state index contributed by atoms with van der Waals surface area (Å²) < 4.78 is 2.40. The molecule has 1 aliphatic rings. The third-order valence-electron chi connectivity index (χ3n) is 5.05. The third-order valence-corrected chi connectivity index (χ3v) is 5.95. The molecule has 3 nitrogen and oxygen atoms in total. The van der Waals surface area contributed by atoms with E-state index in [1.807, 2.05) is 6.07 Å². The summed E-state index contributed by atoms with van der Waals surface area (Å²) in [6.45, 7) is 0. The van der Waals surface area contributed by atoms with Gasteiger partial charge < -0.3 is 0 Å². The molecule has 1 heterocycles. The van der Waals surface area contributed by atoms with Gasteiger partial charge in [0.2, 0.25) is 0 Å². The van der Waals surface area contributed by atoms with Gasteiger partial charge in [0.05, 0.1) is 0 Å². The fraction of sp³-hybridized carbons (Fsp3) is 0.304. The van der Waals surface area contributed by atoms with Crippen molar-refractivity contribution in [3.63, 3.8) is 0 Å². The number of thioether (sulfide) groups is 1. The van der Waals surface area contributed by atoms with Crippen LogP contribution in [0.3, 0.4) is 0 Å². The van der Waals surface area contributed by atoms with E-state index in [1.165, 1.54) is 37.7 Å². The van der Waals surface area contributed by atoms with E-state index in [1.54, 1.807) is 11.8 Å². The summed E-state index contributed by atoms with van der Waals surface area (Å²) in [4.78, 5) is 0. The van der Waals surface area contributed by atoms with Gasteiger partial charge in [0, 0.05) is 17.4 Å². The monoisotopic (exact) mass is 375 g/mol. The van der Waals surface area contributed by atoms with E-state index < -0.39 is 0 Å². The molecule has 4 heteroatoms. The van der Waals surface area contributed by atoms with Gasteiger partial charge in [-0.05, 0) is 18.4 Å². The van der Waals surface area contributed by atoms with Crippen molar-refractivity contribution in [1.29, 1.82) is 0 Å². The number of hydrogen-bond acceptors (Lipinski definition) is 3. The van der Waals surface area contributed by atoms with Gasteiger partial charge in [-0.15, -0.1) is 10.2 Å². The highest BCUT2D eigenvalue weighted by molar-refractivity contribution is 7.99. The predicted octanol–water partition coefficient (Wildman–Crippen LogP) is 6.26. The lowest BCUT2D eigenvalue weighted by molar-refractivity contribution is 0.339. The molecule has 1 aliphatic carbocycles. The lowest BCUT2D eigenvalue weighted by Crippen LogP contribution is -2.15. The van der Waals surface area contributed by atoms with Crippen molar-refractivity contribution in [2.45, 2.75) is 43.3 Å². The average molecular weight is 376 g/mol. The second-order valence-electron chi connectivity index (χ2n) is 6.96. The van der Waals surface area contributed by atoms with Gasteiger partial charge >= 0.3 is 0 Å². The van der Waals surface area contributed by atoms with Gasteiger partial charge in [-0.25, -0.2) is 0 Å². The number of aromatic nitrogens is 3. The smallest absolute Gasteiger partial charge is 0.192 e. The van der Waals surface area contributed by atoms with Crippen LogP contribution in [0.25, 0.3) is 17.5 Å². The highest BCUT2D eigenvalue weighted by Gasteiger charge is 2.23. The Morgan fingerprint density at radius 3 is 2.33 bits per heavy atom. The third kappa shape index (κ3) is 4.51. The largest absolute Gasteiger partial charge is 0.299 e. The van der Waals surface area contributed by atoms with E-state index in [-0.39, 0.29) is 0 Å². The summed E-state index contributed by atoms with van der Waals surface area (Å²) in [6.07, 6.45) is 10.8. The van der Waals surface area contributed by atoms with E-state index in [0.717, 1.165) is 22.3 Å². The van der Waals surface area contributed by atoms with Crippen molar-refractivity contribution in [1.82, 2.24) is 14.8 Å². The molecule has 0 N–H and O–H groups in total. The zero-order chi connectivity index (χ0) is 18.3. The first-order valence-electron chi connectivity index (χ1n) is 9.76. The summed E-state index contributed by atoms with van der Waals surface area (Å²) in [5, 5.41) is 10.2. The maximum Gasteiger partial charge on any atom is 0.192 e. The van der Waals surface area contributed by atoms with Gasteiger partial charge in [0.15, 0.2) is 11.0 Å². The van der Waals surface area contributed by atoms with Crippen LogP contribution in [-0.2, 0) is 0 Å². The molecule has 1 fully saturated rings. The van der Waals surface area contributed by atoms with Gasteiger partial charge in [0.1, 0.15) is 0 Å². The van der Waals surface area contributed by atoms with Crippen molar-refractivity contribution in [3.8, 4) is 11.4 Å². The van der Waals surface area contributed by atoms with Crippen LogP contribution in [-0.4, -0.2) is 20.5 Å². The van der Waals surface area contributed by atoms with Crippen molar-refractivity contribution in [2.75, 3.05) is 5.75 Å². The Bertz CT molecular complexity index is 865. The molecule has 0 aliphatic heterocycles. The van der Waals surface area contributed by atoms with Gasteiger partial charge in [0.25, 0.3) is 0 Å². The summed E-state index contributed by atoms with van der Waals surface area (Å²) in [5.74, 6) is 1.91. The number of hydrogen-bond donors (Lipinski definition) is 0. The molecular formula is C23H25N3S. The second-order valence-corrected chi connectivity index (χ2v) is 7.95. The number of nitrogens with zero attached hydrogens (tertiary/aromatic N) is 3. The topological polar surface area (TPSA) is 30.7 Å². The Labute approximate surface area is 165 Å². The molecular weight excluding hydrogens is 350 g/mol. The first-order chi connectivity index (χ1) is 13.4. The molecule has 3 aromatic rings. The average Bonchev–Trinajstić information content (AvgIpc) is 3.17. The van der Waals surface area contributed by atoms with Gasteiger partial charge in [-0.1, -0.05) is 104 Å². The predicted molar refractivity (Wildman–Crippen MR) is 114 cm³/mol. The highest BCUT2D eigenvalue weighted by Crippen LogP contribution is 2.35. The molecule has 0 radical (unpaired) electrons. The SMILES string of the molecule is C(=C/c1ccccc1)/CSc1nnc(-c2ccccc2)n1C1CCCCC1. The summed E-state index contributed by atoms with van der Waals surface area (Å²) in [5.41, 5.74) is 2.39. The molecule has 2 aromatic carbocycles. The van der Waals surface area contributed by atoms with E-state index in [9.17, 15) is 0 Å². The minimum atomic E-state index is 0.518. The van der Waals surface area contributed by atoms with Crippen LogP contribution < -0.4 is 0 Å². The van der Waals surface area contributed by atoms with Crippen LogP contribution in [0.2, 0.25) is 0 Å². The van der Waals surface area contributed by atoms with Gasteiger partial charge in [-0.2, -0.15) is 0 Å². The molecule has 0 bridgehead atoms. The van der Waals surface area contributed by atoms with Crippen LogP contribution in [0.5, 0.6) is 0 Å². The molecule has 0 atom stereocenters. The maximum atomic E-state index is 4.57. The molecule has 0 saturated heterocycles. The molecule has 4 rings (SSSR count). The summed E-state index contributed by atoms with van der Waals surface area (Å²) >= 11 is 1.78. The lowest BCUT2D eigenvalue weighted by Gasteiger charge is -2.25. The molecule has 1 aromatic heterocycles. The molecule has 138 valence electrons. The Morgan fingerprint density at radius 1 is 0.889 bits per heavy atom. The van der Waals surface area contributed by atoms with E-state index in [4.69, 9.17) is 0 Å². The van der Waals surface area contributed by atoms with Gasteiger partial charge in [-0.3, -0.25) is 4.57 Å². The molecule has 0 spiro atoms. The lowest BCUT2D eigenvalue weighted by atomic mass is 9.95. The zero-order valence-corrected chi connectivity index (χ0v) is 16.3. The second kappa shape index (κ2) is 9.05. The fourth-order valence-electron chi connectivity index (χ4n) is 3.70. The number of benzene rings is 2. The van der Waals surface area contributed by atoms with Crippen LogP contribution in [0, 0.1) is 0 Å². The Hall–Kier alpha value is -2.33. The first kappa shape index (κ1) is 18.1. The standard InChI is InChI=1S/C23H25N3S/c1-4-11-19(12-5-1)13-10-18-27-23-25-24-22(20-14-6-2-7-15-20)26(23)21-16-8-3-9-17-21/h1-2,4-7,10-15,21H,3,8-9,16-18H2/b13-10-. The summed E-state index contributed by atoms with van der Waals surface area (Å²) in [7, 11) is 0. The van der Waals surface area contributed by atoms with Crippen molar-refractivity contribution in [2.24, 2.45) is 0 Å². The van der Waals surface area contributed by atoms with E-state index in [2.05, 4.69) is 81.5 Å². The first-order valence-corrected chi connectivity index (χ1v) is 10.7. The minimum Gasteiger partial charge on any atom is -0.299 e. The van der Waals surface area contributed by atoms with Crippen molar-refractivity contribution in [3.05, 3.63) is 72.3 Å². The zero-order valence-electron chi connectivity index (χ0n) is 15.5. The van der Waals surface area contributed by atoms with Crippen LogP contribution in [0.15, 0.2) is 71.9 Å². The van der Waals surface area contributed by atoms with E-state index >= 15 is 0 Å². The Balaban J connectivity index is 1.54. The maximum absolute atomic E-state index is 4.57. The normalized spacial score (nSPS) is 15.4. The molecule has 0 amide bonds. The summed E-state index contributed by atoms with van der Waals surface area (Å²) in [6, 6.07) is 21.4. The molecule has 27 heavy (non-hydrogen) atoms. The van der Waals surface area contributed by atoms with Crippen LogP contribution in [0.4, 0.5) is 0 Å². The minimum absolute atomic E-state index is 0.518. The highest BCUT2D eigenvalue weighted by atomic mass is 32.2. The molecule has 1 saturated carbocycles. The Morgan fingerprint density at radius 2 is 1.59 bits per heavy atom. The van der Waals surface area contributed by atoms with Crippen molar-refractivity contribution < 1.29 is 0 Å². The fourth-order valence-corrected chi connectivity index (χ4v) is 4.51. The van der Waals surface area contributed by atoms with Crippen molar-refractivity contribution >= 4 is 17.8 Å². The Kier molecular flexibility index (Phi) is 6.05. The van der Waals surface area contributed by atoms with E-state index in [0.29, 0.717) is 6.04 Å².